The molecule has 8 heteroatoms. The molecule has 0 aromatic heterocycles. The number of amides is 2. The molecule has 2 N–H and O–H groups in total. The molecule has 0 aliphatic carbocycles. The quantitative estimate of drug-likeness (QED) is 0.722. The molecule has 1 atom stereocenters. The summed E-state index contributed by atoms with van der Waals surface area (Å²) >= 11 is 1.92. The van der Waals surface area contributed by atoms with Crippen LogP contribution in [0.4, 0.5) is 4.79 Å². The number of nitrogens with one attached hydrogen (secondary N) is 2. The van der Waals surface area contributed by atoms with E-state index in [1.165, 1.54) is 0 Å². The number of thioether (sulfide) groups is 1. The number of esters is 1. The normalized spacial score (nSPS) is 20.7. The molecule has 27 heavy (non-hydrogen) atoms. The largest absolute Gasteiger partial charge is 0.497 e. The van der Waals surface area contributed by atoms with Gasteiger partial charge in [-0.25, -0.2) is 9.59 Å². The van der Waals surface area contributed by atoms with Crippen LogP contribution in [0.25, 0.3) is 0 Å². The molecule has 146 valence electrons. The number of hydrogen-bond donors (Lipinski definition) is 2. The van der Waals surface area contributed by atoms with E-state index in [9.17, 15) is 9.59 Å². The van der Waals surface area contributed by atoms with Crippen molar-refractivity contribution in [1.82, 2.24) is 15.5 Å². The van der Waals surface area contributed by atoms with E-state index in [4.69, 9.17) is 9.47 Å². The van der Waals surface area contributed by atoms with Crippen LogP contribution in [0.15, 0.2) is 35.5 Å². The Morgan fingerprint density at radius 1 is 1.33 bits per heavy atom. The van der Waals surface area contributed by atoms with Gasteiger partial charge in [0.15, 0.2) is 0 Å². The van der Waals surface area contributed by atoms with Gasteiger partial charge in [-0.05, 0) is 24.6 Å². The number of hydrogen-bond acceptors (Lipinski definition) is 6. The molecule has 0 unspecified atom stereocenters. The maximum Gasteiger partial charge on any atom is 0.338 e. The minimum atomic E-state index is -0.581. The molecule has 2 aliphatic rings. The van der Waals surface area contributed by atoms with Crippen LogP contribution in [0.1, 0.15) is 18.5 Å². The lowest BCUT2D eigenvalue weighted by Gasteiger charge is -2.33. The van der Waals surface area contributed by atoms with Crippen LogP contribution < -0.4 is 15.4 Å². The van der Waals surface area contributed by atoms with Crippen LogP contribution in [-0.4, -0.2) is 61.8 Å². The molecule has 0 bridgehead atoms. The molecule has 2 heterocycles. The molecule has 0 radical (unpaired) electrons. The fourth-order valence-corrected chi connectivity index (χ4v) is 4.23. The highest BCUT2D eigenvalue weighted by molar-refractivity contribution is 7.99. The highest BCUT2D eigenvalue weighted by Gasteiger charge is 2.34. The number of rotatable bonds is 6. The molecular formula is C19H25N3O4S. The third-order valence-electron chi connectivity index (χ3n) is 4.56. The Hall–Kier alpha value is -2.19. The van der Waals surface area contributed by atoms with Crippen LogP contribution in [0, 0.1) is 0 Å². The van der Waals surface area contributed by atoms with E-state index in [-0.39, 0.29) is 12.6 Å². The van der Waals surface area contributed by atoms with Gasteiger partial charge in [-0.1, -0.05) is 12.1 Å². The van der Waals surface area contributed by atoms with E-state index < -0.39 is 12.0 Å². The summed E-state index contributed by atoms with van der Waals surface area (Å²) in [7, 11) is 1.59. The smallest absolute Gasteiger partial charge is 0.338 e. The lowest BCUT2D eigenvalue weighted by atomic mass is 9.94. The maximum absolute atomic E-state index is 12.8. The molecule has 1 aromatic rings. The zero-order valence-corrected chi connectivity index (χ0v) is 16.4. The van der Waals surface area contributed by atoms with Crippen molar-refractivity contribution in [3.63, 3.8) is 0 Å². The van der Waals surface area contributed by atoms with Gasteiger partial charge in [0.25, 0.3) is 0 Å². The number of carbonyl (C=O) groups is 2. The molecular weight excluding hydrogens is 366 g/mol. The zero-order chi connectivity index (χ0) is 19.2. The Kier molecular flexibility index (Phi) is 6.63. The predicted molar refractivity (Wildman–Crippen MR) is 105 cm³/mol. The first kappa shape index (κ1) is 19.6. The van der Waals surface area contributed by atoms with Gasteiger partial charge in [-0.15, -0.1) is 0 Å². The van der Waals surface area contributed by atoms with E-state index >= 15 is 0 Å². The van der Waals surface area contributed by atoms with Gasteiger partial charge in [0.1, 0.15) is 5.75 Å². The van der Waals surface area contributed by atoms with E-state index in [0.717, 1.165) is 30.2 Å². The number of nitrogens with zero attached hydrogens (tertiary/aromatic N) is 1. The van der Waals surface area contributed by atoms with Crippen molar-refractivity contribution in [2.75, 3.05) is 44.9 Å². The monoisotopic (exact) mass is 391 g/mol. The Morgan fingerprint density at radius 2 is 2.11 bits per heavy atom. The summed E-state index contributed by atoms with van der Waals surface area (Å²) in [5.74, 6) is 2.35. The summed E-state index contributed by atoms with van der Waals surface area (Å²) in [6, 6.07) is 6.45. The van der Waals surface area contributed by atoms with Crippen LogP contribution in [0.3, 0.4) is 0 Å². The van der Waals surface area contributed by atoms with Crippen LogP contribution >= 0.6 is 11.8 Å². The summed E-state index contributed by atoms with van der Waals surface area (Å²) in [6.45, 7) is 4.42. The van der Waals surface area contributed by atoms with Crippen LogP contribution in [-0.2, 0) is 9.53 Å². The molecule has 7 nitrogen and oxygen atoms in total. The first-order chi connectivity index (χ1) is 13.1. The van der Waals surface area contributed by atoms with E-state index in [1.807, 2.05) is 36.0 Å². The van der Waals surface area contributed by atoms with E-state index in [1.54, 1.807) is 14.0 Å². The van der Waals surface area contributed by atoms with Crippen molar-refractivity contribution in [2.24, 2.45) is 0 Å². The lowest BCUT2D eigenvalue weighted by molar-refractivity contribution is -0.139. The average molecular weight is 391 g/mol. The molecule has 1 aromatic carbocycles. The summed E-state index contributed by atoms with van der Waals surface area (Å²) in [5, 5.41) is 5.68. The van der Waals surface area contributed by atoms with Gasteiger partial charge in [-0.3, -0.25) is 4.90 Å². The van der Waals surface area contributed by atoms with Gasteiger partial charge in [0.2, 0.25) is 0 Å². The van der Waals surface area contributed by atoms with Crippen molar-refractivity contribution >= 4 is 23.8 Å². The molecule has 0 saturated carbocycles. The Labute approximate surface area is 163 Å². The van der Waals surface area contributed by atoms with Gasteiger partial charge in [0.05, 0.1) is 25.3 Å². The van der Waals surface area contributed by atoms with Crippen molar-refractivity contribution in [3.05, 3.63) is 41.1 Å². The predicted octanol–water partition coefficient (Wildman–Crippen LogP) is 1.92. The van der Waals surface area contributed by atoms with Crippen LogP contribution in [0.5, 0.6) is 5.75 Å². The fourth-order valence-electron chi connectivity index (χ4n) is 3.25. The Balaban J connectivity index is 1.98. The second-order valence-electron chi connectivity index (χ2n) is 6.31. The van der Waals surface area contributed by atoms with E-state index in [2.05, 4.69) is 15.5 Å². The molecule has 3 rings (SSSR count). The third kappa shape index (κ3) is 4.75. The number of ether oxygens (including phenoxy) is 2. The molecule has 1 saturated heterocycles. The average Bonchev–Trinajstić information content (AvgIpc) is 2.68. The second-order valence-corrected chi connectivity index (χ2v) is 7.53. The summed E-state index contributed by atoms with van der Waals surface area (Å²) < 4.78 is 10.6. The summed E-state index contributed by atoms with van der Waals surface area (Å²) in [5.41, 5.74) is 1.83. The van der Waals surface area contributed by atoms with Gasteiger partial charge < -0.3 is 20.1 Å². The highest BCUT2D eigenvalue weighted by atomic mass is 32.2. The number of methoxy groups -OCH3 is 1. The van der Waals surface area contributed by atoms with E-state index in [0.29, 0.717) is 23.6 Å². The Bertz CT molecular complexity index is 731. The summed E-state index contributed by atoms with van der Waals surface area (Å²) in [6.07, 6.45) is 0. The SMILES string of the molecule is CCOC(=O)C1=C(CN2CCSCC2)NC(=O)N[C@H]1c1cccc(OC)c1. The lowest BCUT2D eigenvalue weighted by Crippen LogP contribution is -2.49. The van der Waals surface area contributed by atoms with Crippen molar-refractivity contribution < 1.29 is 19.1 Å². The van der Waals surface area contributed by atoms with Gasteiger partial charge >= 0.3 is 12.0 Å². The standard InChI is InChI=1S/C19H25N3O4S/c1-3-26-18(23)16-15(12-22-7-9-27-10-8-22)20-19(24)21-17(16)13-5-4-6-14(11-13)25-2/h4-6,11,17H,3,7-10,12H2,1-2H3,(H2,20,21,24)/t17-/m0/s1. The third-order valence-corrected chi connectivity index (χ3v) is 5.50. The molecule has 1 fully saturated rings. The van der Waals surface area contributed by atoms with Crippen LogP contribution in [0.2, 0.25) is 0 Å². The number of carbonyl (C=O) groups excluding carboxylic acids is 2. The van der Waals surface area contributed by atoms with Crippen molar-refractivity contribution in [1.29, 1.82) is 0 Å². The minimum absolute atomic E-state index is 0.273. The maximum atomic E-state index is 12.8. The Morgan fingerprint density at radius 3 is 2.81 bits per heavy atom. The van der Waals surface area contributed by atoms with Crippen molar-refractivity contribution in [3.8, 4) is 5.75 Å². The highest BCUT2D eigenvalue weighted by Crippen LogP contribution is 2.30. The fraction of sp³-hybridized carbons (Fsp3) is 0.474. The minimum Gasteiger partial charge on any atom is -0.497 e. The number of benzene rings is 1. The summed E-state index contributed by atoms with van der Waals surface area (Å²) in [4.78, 5) is 27.3. The molecule has 2 aliphatic heterocycles. The first-order valence-corrected chi connectivity index (χ1v) is 10.2. The van der Waals surface area contributed by atoms with Gasteiger partial charge in [0, 0.05) is 36.8 Å². The van der Waals surface area contributed by atoms with Crippen molar-refractivity contribution in [2.45, 2.75) is 13.0 Å². The van der Waals surface area contributed by atoms with Gasteiger partial charge in [-0.2, -0.15) is 11.8 Å². The molecule has 2 amide bonds. The molecule has 0 spiro atoms. The topological polar surface area (TPSA) is 79.9 Å². The first-order valence-electron chi connectivity index (χ1n) is 9.04. The second kappa shape index (κ2) is 9.14. The number of urea groups is 1. The zero-order valence-electron chi connectivity index (χ0n) is 15.6.